The number of hydrogen-bond acceptors (Lipinski definition) is 3. The average Bonchev–Trinajstić information content (AvgIpc) is 2.12. The van der Waals surface area contributed by atoms with Crippen LogP contribution in [0.2, 0.25) is 0 Å². The van der Waals surface area contributed by atoms with Gasteiger partial charge < -0.3 is 5.32 Å². The van der Waals surface area contributed by atoms with Gasteiger partial charge in [0.25, 0.3) is 0 Å². The van der Waals surface area contributed by atoms with E-state index in [0.29, 0.717) is 13.1 Å². The lowest BCUT2D eigenvalue weighted by Crippen LogP contribution is -2.54. The molecule has 0 fully saturated rings. The van der Waals surface area contributed by atoms with Crippen LogP contribution < -0.4 is 16.0 Å². The largest absolute Gasteiger partial charge is 0.313 e. The third-order valence-corrected chi connectivity index (χ3v) is 2.04. The van der Waals surface area contributed by atoms with Crippen molar-refractivity contribution in [2.75, 3.05) is 26.2 Å². The van der Waals surface area contributed by atoms with E-state index in [4.69, 9.17) is 0 Å². The smallest absolute Gasteiger partial charge is 0.171 e. The Morgan fingerprint density at radius 2 is 1.40 bits per heavy atom. The summed E-state index contributed by atoms with van der Waals surface area (Å²) < 4.78 is 27.3. The fourth-order valence-corrected chi connectivity index (χ4v) is 1.20. The van der Waals surface area contributed by atoms with Crippen molar-refractivity contribution in [1.29, 1.82) is 0 Å². The van der Waals surface area contributed by atoms with E-state index in [9.17, 15) is 8.78 Å². The van der Waals surface area contributed by atoms with E-state index in [1.807, 2.05) is 13.8 Å². The molecule has 5 heteroatoms. The van der Waals surface area contributed by atoms with Gasteiger partial charge in [0, 0.05) is 13.1 Å². The maximum absolute atomic E-state index is 13.7. The third kappa shape index (κ3) is 7.64. The first-order valence-electron chi connectivity index (χ1n) is 5.41. The molecule has 0 aromatic rings. The predicted octanol–water partition coefficient (Wildman–Crippen LogP) is 1.17. The van der Waals surface area contributed by atoms with Crippen LogP contribution in [0.4, 0.5) is 8.78 Å². The summed E-state index contributed by atoms with van der Waals surface area (Å²) in [4.78, 5) is 0. The summed E-state index contributed by atoms with van der Waals surface area (Å²) in [5.41, 5.74) is 0. The van der Waals surface area contributed by atoms with E-state index in [0.717, 1.165) is 0 Å². The molecule has 0 aliphatic carbocycles. The molecule has 0 unspecified atom stereocenters. The van der Waals surface area contributed by atoms with Crippen molar-refractivity contribution < 1.29 is 8.78 Å². The number of hydrogen-bond donors (Lipinski definition) is 3. The molecular weight excluding hydrogens is 200 g/mol. The van der Waals surface area contributed by atoms with Crippen molar-refractivity contribution in [3.05, 3.63) is 0 Å². The van der Waals surface area contributed by atoms with Gasteiger partial charge in [0.1, 0.15) is 0 Å². The van der Waals surface area contributed by atoms with Crippen LogP contribution >= 0.6 is 0 Å². The van der Waals surface area contributed by atoms with Gasteiger partial charge in [-0.15, -0.1) is 0 Å². The Balaban J connectivity index is 3.90. The van der Waals surface area contributed by atoms with Gasteiger partial charge in [-0.05, 0) is 26.9 Å². The Morgan fingerprint density at radius 3 is 1.87 bits per heavy atom. The highest BCUT2D eigenvalue weighted by atomic mass is 19.2. The van der Waals surface area contributed by atoms with Gasteiger partial charge in [0.15, 0.2) is 11.6 Å². The molecule has 0 aliphatic heterocycles. The fourth-order valence-electron chi connectivity index (χ4n) is 1.20. The lowest BCUT2D eigenvalue weighted by Gasteiger charge is -2.28. The molecular formula is C10H23F2N3. The number of nitrogens with one attached hydrogen (secondary N) is 3. The molecule has 0 saturated carbocycles. The molecule has 0 radical (unpaired) electrons. The summed E-state index contributed by atoms with van der Waals surface area (Å²) in [5.74, 6) is -3.16. The van der Waals surface area contributed by atoms with Gasteiger partial charge in [-0.1, -0.05) is 13.8 Å². The highest BCUT2D eigenvalue weighted by molar-refractivity contribution is 4.80. The van der Waals surface area contributed by atoms with Gasteiger partial charge in [0.05, 0.1) is 0 Å². The van der Waals surface area contributed by atoms with E-state index < -0.39 is 11.6 Å². The minimum Gasteiger partial charge on any atom is -0.313 e. The van der Waals surface area contributed by atoms with Crippen LogP contribution in [0.1, 0.15) is 27.7 Å². The SMILES string of the molecule is CCNC[C@@](C)(F)NC[C@](C)(F)NCC. The Hall–Kier alpha value is -0.260. The monoisotopic (exact) mass is 223 g/mol. The zero-order chi connectivity index (χ0) is 11.9. The van der Waals surface area contributed by atoms with Crippen molar-refractivity contribution >= 4 is 0 Å². The maximum atomic E-state index is 13.7. The van der Waals surface area contributed by atoms with E-state index in [1.165, 1.54) is 13.8 Å². The number of rotatable bonds is 8. The molecule has 0 spiro atoms. The predicted molar refractivity (Wildman–Crippen MR) is 59.2 cm³/mol. The second-order valence-electron chi connectivity index (χ2n) is 4.06. The van der Waals surface area contributed by atoms with Crippen molar-refractivity contribution in [1.82, 2.24) is 16.0 Å². The van der Waals surface area contributed by atoms with E-state index in [1.54, 1.807) is 0 Å². The van der Waals surface area contributed by atoms with Crippen molar-refractivity contribution in [2.45, 2.75) is 39.3 Å². The van der Waals surface area contributed by atoms with Crippen molar-refractivity contribution in [3.63, 3.8) is 0 Å². The standard InChI is InChI=1S/C10H23F2N3/c1-5-13-7-9(3,11)15-8-10(4,12)14-6-2/h13-15H,5-8H2,1-4H3/t9-,10+/m0/s1. The Labute approximate surface area is 91.0 Å². The summed E-state index contributed by atoms with van der Waals surface area (Å²) in [6.45, 7) is 7.83. The molecule has 2 atom stereocenters. The highest BCUT2D eigenvalue weighted by Crippen LogP contribution is 2.08. The molecule has 0 aromatic carbocycles. The Morgan fingerprint density at radius 1 is 0.867 bits per heavy atom. The van der Waals surface area contributed by atoms with Gasteiger partial charge in [-0.2, -0.15) is 0 Å². The zero-order valence-corrected chi connectivity index (χ0v) is 10.1. The number of likely N-dealkylation sites (N-methyl/N-ethyl adjacent to an activating group) is 2. The molecule has 0 amide bonds. The van der Waals surface area contributed by atoms with Gasteiger partial charge in [-0.25, -0.2) is 8.78 Å². The Bertz CT molecular complexity index is 172. The van der Waals surface area contributed by atoms with Crippen LogP contribution in [0.5, 0.6) is 0 Å². The highest BCUT2D eigenvalue weighted by Gasteiger charge is 2.28. The van der Waals surface area contributed by atoms with E-state index in [-0.39, 0.29) is 13.1 Å². The lowest BCUT2D eigenvalue weighted by molar-refractivity contribution is 0.0759. The summed E-state index contributed by atoms with van der Waals surface area (Å²) in [5, 5.41) is 8.06. The van der Waals surface area contributed by atoms with E-state index >= 15 is 0 Å². The molecule has 0 bridgehead atoms. The molecule has 0 aromatic heterocycles. The maximum Gasteiger partial charge on any atom is 0.171 e. The van der Waals surface area contributed by atoms with Gasteiger partial charge in [-0.3, -0.25) is 10.6 Å². The summed E-state index contributed by atoms with van der Waals surface area (Å²) >= 11 is 0. The summed E-state index contributed by atoms with van der Waals surface area (Å²) in [7, 11) is 0. The Kier molecular flexibility index (Phi) is 6.24. The van der Waals surface area contributed by atoms with Crippen molar-refractivity contribution in [2.24, 2.45) is 0 Å². The normalized spacial score (nSPS) is 19.6. The fraction of sp³-hybridized carbons (Fsp3) is 1.00. The second-order valence-corrected chi connectivity index (χ2v) is 4.06. The van der Waals surface area contributed by atoms with Crippen LogP contribution in [0.3, 0.4) is 0 Å². The first-order valence-corrected chi connectivity index (χ1v) is 5.41. The van der Waals surface area contributed by atoms with Crippen molar-refractivity contribution in [3.8, 4) is 0 Å². The minimum atomic E-state index is -1.58. The van der Waals surface area contributed by atoms with Gasteiger partial charge in [0.2, 0.25) is 0 Å². The lowest BCUT2D eigenvalue weighted by atomic mass is 10.2. The first-order chi connectivity index (χ1) is 6.83. The van der Waals surface area contributed by atoms with Crippen LogP contribution in [0.25, 0.3) is 0 Å². The van der Waals surface area contributed by atoms with Crippen LogP contribution in [-0.2, 0) is 0 Å². The van der Waals surface area contributed by atoms with Crippen LogP contribution in [0.15, 0.2) is 0 Å². The molecule has 92 valence electrons. The van der Waals surface area contributed by atoms with Gasteiger partial charge >= 0.3 is 0 Å². The van der Waals surface area contributed by atoms with Crippen LogP contribution in [0, 0.1) is 0 Å². The molecule has 0 saturated heterocycles. The molecule has 0 heterocycles. The average molecular weight is 223 g/mol. The molecule has 0 aliphatic rings. The summed E-state index contributed by atoms with van der Waals surface area (Å²) in [6, 6.07) is 0. The van der Waals surface area contributed by atoms with E-state index in [2.05, 4.69) is 16.0 Å². The molecule has 0 rings (SSSR count). The summed E-state index contributed by atoms with van der Waals surface area (Å²) in [6.07, 6.45) is 0. The minimum absolute atomic E-state index is 0.0563. The molecule has 3 nitrogen and oxygen atoms in total. The zero-order valence-electron chi connectivity index (χ0n) is 10.1. The quantitative estimate of drug-likeness (QED) is 0.541. The first kappa shape index (κ1) is 14.7. The number of alkyl halides is 2. The topological polar surface area (TPSA) is 36.1 Å². The molecule has 15 heavy (non-hydrogen) atoms. The van der Waals surface area contributed by atoms with Crippen LogP contribution in [-0.4, -0.2) is 37.8 Å². The molecule has 3 N–H and O–H groups in total. The second kappa shape index (κ2) is 6.35. The third-order valence-electron chi connectivity index (χ3n) is 2.04. The number of halogens is 2.